The van der Waals surface area contributed by atoms with E-state index in [1.807, 2.05) is 6.07 Å². The van der Waals surface area contributed by atoms with Crippen molar-refractivity contribution in [3.05, 3.63) is 23.8 Å². The van der Waals surface area contributed by atoms with Crippen molar-refractivity contribution in [1.29, 1.82) is 0 Å². The predicted molar refractivity (Wildman–Crippen MR) is 62.6 cm³/mol. The van der Waals surface area contributed by atoms with Gasteiger partial charge in [0.15, 0.2) is 11.5 Å². The molecular formula is C13H16O3. The van der Waals surface area contributed by atoms with Gasteiger partial charge in [0.1, 0.15) is 0 Å². The lowest BCUT2D eigenvalue weighted by molar-refractivity contribution is 0.169. The highest BCUT2D eigenvalue weighted by Crippen LogP contribution is 2.30. The largest absolute Gasteiger partial charge is 0.493 e. The molecule has 0 spiro atoms. The second kappa shape index (κ2) is 6.04. The molecule has 0 aliphatic heterocycles. The smallest absolute Gasteiger partial charge is 0.161 e. The lowest BCUT2D eigenvalue weighted by atomic mass is 10.0. The van der Waals surface area contributed by atoms with Crippen LogP contribution in [0.15, 0.2) is 18.2 Å². The predicted octanol–water partition coefficient (Wildman–Crippen LogP) is 2.15. The van der Waals surface area contributed by atoms with Crippen molar-refractivity contribution in [2.24, 2.45) is 0 Å². The lowest BCUT2D eigenvalue weighted by Gasteiger charge is -2.13. The van der Waals surface area contributed by atoms with Gasteiger partial charge in [-0.15, -0.1) is 12.3 Å². The van der Waals surface area contributed by atoms with Gasteiger partial charge in [0.25, 0.3) is 0 Å². The third-order valence-corrected chi connectivity index (χ3v) is 2.35. The molecule has 0 heterocycles. The van der Waals surface area contributed by atoms with Crippen molar-refractivity contribution in [3.8, 4) is 23.8 Å². The molecule has 1 rings (SSSR count). The molecular weight excluding hydrogens is 204 g/mol. The maximum absolute atomic E-state index is 9.84. The number of rotatable bonds is 5. The second-order valence-electron chi connectivity index (χ2n) is 3.37. The standard InChI is InChI=1S/C13H16O3/c1-4-5-6-11(14)10-7-8-12(15-2)13(9-10)16-3/h1,7-9,11,14H,5-6H2,2-3H3. The highest BCUT2D eigenvalue weighted by atomic mass is 16.5. The summed E-state index contributed by atoms with van der Waals surface area (Å²) >= 11 is 0. The third kappa shape index (κ3) is 2.91. The molecule has 1 aromatic rings. The van der Waals surface area contributed by atoms with Crippen molar-refractivity contribution in [2.45, 2.75) is 18.9 Å². The number of terminal acetylenes is 1. The second-order valence-corrected chi connectivity index (χ2v) is 3.37. The van der Waals surface area contributed by atoms with Crippen LogP contribution in [0.4, 0.5) is 0 Å². The molecule has 1 atom stereocenters. The van der Waals surface area contributed by atoms with Crippen molar-refractivity contribution in [1.82, 2.24) is 0 Å². The first-order valence-corrected chi connectivity index (χ1v) is 5.06. The maximum atomic E-state index is 9.84. The average molecular weight is 220 g/mol. The number of hydrogen-bond acceptors (Lipinski definition) is 3. The Labute approximate surface area is 96.0 Å². The Hall–Kier alpha value is -1.66. The van der Waals surface area contributed by atoms with Crippen LogP contribution in [-0.4, -0.2) is 19.3 Å². The van der Waals surface area contributed by atoms with Gasteiger partial charge in [0, 0.05) is 6.42 Å². The number of ether oxygens (including phenoxy) is 2. The van der Waals surface area contributed by atoms with E-state index >= 15 is 0 Å². The van der Waals surface area contributed by atoms with Crippen LogP contribution in [0.3, 0.4) is 0 Å². The first-order chi connectivity index (χ1) is 7.72. The van der Waals surface area contributed by atoms with Gasteiger partial charge >= 0.3 is 0 Å². The van der Waals surface area contributed by atoms with E-state index in [1.165, 1.54) is 0 Å². The number of methoxy groups -OCH3 is 2. The van der Waals surface area contributed by atoms with E-state index < -0.39 is 6.10 Å². The van der Waals surface area contributed by atoms with Gasteiger partial charge in [-0.1, -0.05) is 6.07 Å². The van der Waals surface area contributed by atoms with Gasteiger partial charge < -0.3 is 14.6 Å². The Morgan fingerprint density at radius 1 is 1.31 bits per heavy atom. The minimum Gasteiger partial charge on any atom is -0.493 e. The first kappa shape index (κ1) is 12.4. The summed E-state index contributed by atoms with van der Waals surface area (Å²) < 4.78 is 10.3. The number of hydrogen-bond donors (Lipinski definition) is 1. The van der Waals surface area contributed by atoms with Gasteiger partial charge in [0.05, 0.1) is 20.3 Å². The molecule has 16 heavy (non-hydrogen) atoms. The zero-order chi connectivity index (χ0) is 12.0. The number of aliphatic hydroxyl groups excluding tert-OH is 1. The van der Waals surface area contributed by atoms with Crippen molar-refractivity contribution in [2.75, 3.05) is 14.2 Å². The molecule has 0 aromatic heterocycles. The van der Waals surface area contributed by atoms with Crippen molar-refractivity contribution >= 4 is 0 Å². The lowest BCUT2D eigenvalue weighted by Crippen LogP contribution is -1.99. The Balaban J connectivity index is 2.86. The Morgan fingerprint density at radius 2 is 2.00 bits per heavy atom. The zero-order valence-electron chi connectivity index (χ0n) is 9.56. The summed E-state index contributed by atoms with van der Waals surface area (Å²) in [6, 6.07) is 5.34. The normalized spacial score (nSPS) is 11.6. The summed E-state index contributed by atoms with van der Waals surface area (Å²) in [7, 11) is 3.14. The van der Waals surface area contributed by atoms with Gasteiger partial charge in [0.2, 0.25) is 0 Å². The molecule has 0 amide bonds. The van der Waals surface area contributed by atoms with Crippen molar-refractivity contribution < 1.29 is 14.6 Å². The highest BCUT2D eigenvalue weighted by Gasteiger charge is 2.10. The molecule has 1 aromatic carbocycles. The summed E-state index contributed by atoms with van der Waals surface area (Å²) in [5.41, 5.74) is 0.785. The molecule has 3 heteroatoms. The van der Waals surface area contributed by atoms with Gasteiger partial charge in [-0.3, -0.25) is 0 Å². The first-order valence-electron chi connectivity index (χ1n) is 5.06. The van der Waals surface area contributed by atoms with Crippen LogP contribution in [0.25, 0.3) is 0 Å². The maximum Gasteiger partial charge on any atom is 0.161 e. The summed E-state index contributed by atoms with van der Waals surface area (Å²) in [5.74, 6) is 3.76. The van der Waals surface area contributed by atoms with E-state index in [9.17, 15) is 5.11 Å². The fraction of sp³-hybridized carbons (Fsp3) is 0.385. The molecule has 3 nitrogen and oxygen atoms in total. The third-order valence-electron chi connectivity index (χ3n) is 2.35. The zero-order valence-corrected chi connectivity index (χ0v) is 9.56. The topological polar surface area (TPSA) is 38.7 Å². The van der Waals surface area contributed by atoms with Gasteiger partial charge in [-0.05, 0) is 24.1 Å². The Kier molecular flexibility index (Phi) is 4.68. The molecule has 0 saturated heterocycles. The summed E-state index contributed by atoms with van der Waals surface area (Å²) in [6.07, 6.45) is 5.69. The fourth-order valence-corrected chi connectivity index (χ4v) is 1.45. The minimum absolute atomic E-state index is 0.548. The molecule has 1 N–H and O–H groups in total. The van der Waals surface area contributed by atoms with Gasteiger partial charge in [-0.25, -0.2) is 0 Å². The summed E-state index contributed by atoms with van der Waals surface area (Å²) in [4.78, 5) is 0. The molecule has 0 bridgehead atoms. The molecule has 0 aliphatic carbocycles. The Morgan fingerprint density at radius 3 is 2.56 bits per heavy atom. The van der Waals surface area contributed by atoms with E-state index in [0.29, 0.717) is 24.3 Å². The van der Waals surface area contributed by atoms with Crippen LogP contribution in [-0.2, 0) is 0 Å². The monoisotopic (exact) mass is 220 g/mol. The Bertz CT molecular complexity index is 379. The van der Waals surface area contributed by atoms with Crippen LogP contribution < -0.4 is 9.47 Å². The summed E-state index contributed by atoms with van der Waals surface area (Å²) in [5, 5.41) is 9.84. The SMILES string of the molecule is C#CCCC(O)c1ccc(OC)c(OC)c1. The molecule has 86 valence electrons. The van der Waals surface area contributed by atoms with E-state index in [0.717, 1.165) is 5.56 Å². The van der Waals surface area contributed by atoms with Crippen LogP contribution in [0.5, 0.6) is 11.5 Å². The van der Waals surface area contributed by atoms with Crippen molar-refractivity contribution in [3.63, 3.8) is 0 Å². The van der Waals surface area contributed by atoms with E-state index in [4.69, 9.17) is 15.9 Å². The molecule has 0 fully saturated rings. The van der Waals surface area contributed by atoms with Crippen LogP contribution in [0.1, 0.15) is 24.5 Å². The van der Waals surface area contributed by atoms with E-state index in [-0.39, 0.29) is 0 Å². The van der Waals surface area contributed by atoms with Crippen LogP contribution >= 0.6 is 0 Å². The van der Waals surface area contributed by atoms with E-state index in [2.05, 4.69) is 5.92 Å². The number of benzene rings is 1. The number of aliphatic hydroxyl groups is 1. The van der Waals surface area contributed by atoms with Gasteiger partial charge in [-0.2, -0.15) is 0 Å². The van der Waals surface area contributed by atoms with E-state index in [1.54, 1.807) is 26.4 Å². The molecule has 0 saturated carbocycles. The fourth-order valence-electron chi connectivity index (χ4n) is 1.45. The average Bonchev–Trinajstić information content (AvgIpc) is 2.34. The highest BCUT2D eigenvalue weighted by molar-refractivity contribution is 5.43. The quantitative estimate of drug-likeness (QED) is 0.773. The molecule has 0 radical (unpaired) electrons. The van der Waals surface area contributed by atoms with Crippen LogP contribution in [0, 0.1) is 12.3 Å². The van der Waals surface area contributed by atoms with Crippen LogP contribution in [0.2, 0.25) is 0 Å². The molecule has 0 aliphatic rings. The minimum atomic E-state index is -0.559. The molecule has 1 unspecified atom stereocenters. The summed E-state index contributed by atoms with van der Waals surface area (Å²) in [6.45, 7) is 0.